The van der Waals surface area contributed by atoms with Crippen molar-refractivity contribution in [2.45, 2.75) is 25.8 Å². The Labute approximate surface area is 123 Å². The molecule has 2 rings (SSSR count). The van der Waals surface area contributed by atoms with E-state index < -0.39 is 0 Å². The highest BCUT2D eigenvalue weighted by Gasteiger charge is 2.15. The molecule has 0 saturated carbocycles. The molecule has 0 amide bonds. The lowest BCUT2D eigenvalue weighted by Crippen LogP contribution is -2.38. The molecule has 0 aromatic heterocycles. The van der Waals surface area contributed by atoms with Gasteiger partial charge in [0.15, 0.2) is 0 Å². The molecular weight excluding hydrogens is 275 g/mol. The van der Waals surface area contributed by atoms with Crippen LogP contribution < -0.4 is 11.3 Å². The molecule has 0 fully saturated rings. The van der Waals surface area contributed by atoms with Crippen LogP contribution in [-0.2, 0) is 12.8 Å². The van der Waals surface area contributed by atoms with Gasteiger partial charge in [-0.25, -0.2) is 4.39 Å². The molecule has 2 nitrogen and oxygen atoms in total. The standard InChI is InChI=1S/C16H18ClFN2/c1-11-5-2-3-6-12(11)9-13(20-19)10-14-15(17)7-4-8-16(14)18/h2-8,13,20H,9-10,19H2,1H3. The number of hydrogen-bond acceptors (Lipinski definition) is 2. The first-order valence-electron chi connectivity index (χ1n) is 6.55. The molecule has 4 heteroatoms. The summed E-state index contributed by atoms with van der Waals surface area (Å²) in [6.45, 7) is 2.05. The molecule has 20 heavy (non-hydrogen) atoms. The van der Waals surface area contributed by atoms with Gasteiger partial charge in [-0.3, -0.25) is 11.3 Å². The third-order valence-corrected chi connectivity index (χ3v) is 3.83. The maximum Gasteiger partial charge on any atom is 0.127 e. The SMILES string of the molecule is Cc1ccccc1CC(Cc1c(F)cccc1Cl)NN. The molecule has 106 valence electrons. The first-order valence-corrected chi connectivity index (χ1v) is 6.93. The van der Waals surface area contributed by atoms with Gasteiger partial charge in [-0.15, -0.1) is 0 Å². The third kappa shape index (κ3) is 3.57. The van der Waals surface area contributed by atoms with Gasteiger partial charge in [0.05, 0.1) is 0 Å². The molecule has 1 unspecified atom stereocenters. The van der Waals surface area contributed by atoms with E-state index in [4.69, 9.17) is 17.4 Å². The topological polar surface area (TPSA) is 38.0 Å². The average Bonchev–Trinajstić information content (AvgIpc) is 2.44. The predicted molar refractivity (Wildman–Crippen MR) is 81.1 cm³/mol. The van der Waals surface area contributed by atoms with Gasteiger partial charge in [0.1, 0.15) is 5.82 Å². The van der Waals surface area contributed by atoms with E-state index >= 15 is 0 Å². The number of hydrogen-bond donors (Lipinski definition) is 2. The monoisotopic (exact) mass is 292 g/mol. The van der Waals surface area contributed by atoms with Crippen LogP contribution in [-0.4, -0.2) is 6.04 Å². The fourth-order valence-electron chi connectivity index (χ4n) is 2.27. The van der Waals surface area contributed by atoms with E-state index in [2.05, 4.69) is 24.5 Å². The highest BCUT2D eigenvalue weighted by molar-refractivity contribution is 6.31. The van der Waals surface area contributed by atoms with Crippen molar-refractivity contribution in [3.63, 3.8) is 0 Å². The number of hydrazine groups is 1. The Balaban J connectivity index is 2.16. The highest BCUT2D eigenvalue weighted by atomic mass is 35.5. The zero-order chi connectivity index (χ0) is 14.5. The summed E-state index contributed by atoms with van der Waals surface area (Å²) in [5, 5.41) is 0.440. The van der Waals surface area contributed by atoms with E-state index in [-0.39, 0.29) is 11.9 Å². The Kier molecular flexibility index (Phi) is 5.12. The van der Waals surface area contributed by atoms with Gasteiger partial charge in [-0.05, 0) is 43.0 Å². The van der Waals surface area contributed by atoms with E-state index in [1.165, 1.54) is 17.2 Å². The first kappa shape index (κ1) is 15.0. The minimum atomic E-state index is -0.289. The summed E-state index contributed by atoms with van der Waals surface area (Å²) in [4.78, 5) is 0. The van der Waals surface area contributed by atoms with Crippen molar-refractivity contribution >= 4 is 11.6 Å². The van der Waals surface area contributed by atoms with Crippen molar-refractivity contribution < 1.29 is 4.39 Å². The zero-order valence-corrected chi connectivity index (χ0v) is 12.1. The summed E-state index contributed by atoms with van der Waals surface area (Å²) in [6, 6.07) is 12.8. The van der Waals surface area contributed by atoms with Crippen LogP contribution in [0.2, 0.25) is 5.02 Å². The summed E-state index contributed by atoms with van der Waals surface area (Å²) in [6.07, 6.45) is 1.18. The van der Waals surface area contributed by atoms with Gasteiger partial charge < -0.3 is 0 Å². The second kappa shape index (κ2) is 6.84. The molecule has 0 radical (unpaired) electrons. The lowest BCUT2D eigenvalue weighted by atomic mass is 9.96. The maximum atomic E-state index is 13.8. The molecule has 0 saturated heterocycles. The van der Waals surface area contributed by atoms with E-state index in [0.29, 0.717) is 17.0 Å². The summed E-state index contributed by atoms with van der Waals surface area (Å²) in [5.41, 5.74) is 5.66. The molecule has 0 aliphatic rings. The number of rotatable bonds is 5. The van der Waals surface area contributed by atoms with Crippen molar-refractivity contribution in [1.82, 2.24) is 5.43 Å². The number of aryl methyl sites for hydroxylation is 1. The summed E-state index contributed by atoms with van der Waals surface area (Å²) < 4.78 is 13.8. The molecule has 0 aliphatic heterocycles. The van der Waals surface area contributed by atoms with Gasteiger partial charge >= 0.3 is 0 Å². The minimum absolute atomic E-state index is 0.0644. The van der Waals surface area contributed by atoms with Crippen molar-refractivity contribution in [2.24, 2.45) is 5.84 Å². The number of halogens is 2. The van der Waals surface area contributed by atoms with Crippen LogP contribution in [0.4, 0.5) is 4.39 Å². The molecule has 0 bridgehead atoms. The second-order valence-corrected chi connectivity index (χ2v) is 5.31. The van der Waals surface area contributed by atoms with Crippen molar-refractivity contribution in [2.75, 3.05) is 0 Å². The molecule has 0 aliphatic carbocycles. The van der Waals surface area contributed by atoms with Crippen LogP contribution in [0.5, 0.6) is 0 Å². The Bertz CT molecular complexity index is 566. The molecule has 0 spiro atoms. The Hall–Kier alpha value is -1.42. The highest BCUT2D eigenvalue weighted by Crippen LogP contribution is 2.21. The number of nitrogens with two attached hydrogens (primary N) is 1. The average molecular weight is 293 g/mol. The van der Waals surface area contributed by atoms with Crippen LogP contribution >= 0.6 is 11.6 Å². The third-order valence-electron chi connectivity index (χ3n) is 3.48. The van der Waals surface area contributed by atoms with E-state index in [1.54, 1.807) is 12.1 Å². The van der Waals surface area contributed by atoms with Crippen LogP contribution in [0.1, 0.15) is 16.7 Å². The Morgan fingerprint density at radius 3 is 2.55 bits per heavy atom. The van der Waals surface area contributed by atoms with E-state index in [0.717, 1.165) is 6.42 Å². The smallest absolute Gasteiger partial charge is 0.127 e. The first-order chi connectivity index (χ1) is 9.61. The summed E-state index contributed by atoms with van der Waals surface area (Å²) >= 11 is 6.06. The number of nitrogens with one attached hydrogen (secondary N) is 1. The van der Waals surface area contributed by atoms with Crippen molar-refractivity contribution in [3.8, 4) is 0 Å². The number of benzene rings is 2. The van der Waals surface area contributed by atoms with Crippen LogP contribution in [0.25, 0.3) is 0 Å². The van der Waals surface area contributed by atoms with Gasteiger partial charge in [0.2, 0.25) is 0 Å². The molecule has 2 aromatic carbocycles. The minimum Gasteiger partial charge on any atom is -0.271 e. The fraction of sp³-hybridized carbons (Fsp3) is 0.250. The van der Waals surface area contributed by atoms with Crippen LogP contribution in [0.3, 0.4) is 0 Å². The molecule has 1 atom stereocenters. The molecule has 2 aromatic rings. The quantitative estimate of drug-likeness (QED) is 0.655. The molecule has 3 N–H and O–H groups in total. The lowest BCUT2D eigenvalue weighted by molar-refractivity contribution is 0.506. The Morgan fingerprint density at radius 1 is 1.15 bits per heavy atom. The maximum absolute atomic E-state index is 13.8. The predicted octanol–water partition coefficient (Wildman–Crippen LogP) is 3.40. The van der Waals surface area contributed by atoms with Crippen molar-refractivity contribution in [1.29, 1.82) is 0 Å². The van der Waals surface area contributed by atoms with Crippen LogP contribution in [0.15, 0.2) is 42.5 Å². The normalized spacial score (nSPS) is 12.4. The van der Waals surface area contributed by atoms with Gasteiger partial charge in [-0.1, -0.05) is 41.9 Å². The van der Waals surface area contributed by atoms with Gasteiger partial charge in [0.25, 0.3) is 0 Å². The van der Waals surface area contributed by atoms with E-state index in [1.807, 2.05) is 12.1 Å². The Morgan fingerprint density at radius 2 is 1.90 bits per heavy atom. The van der Waals surface area contributed by atoms with E-state index in [9.17, 15) is 4.39 Å². The summed E-state index contributed by atoms with van der Waals surface area (Å²) in [5.74, 6) is 5.31. The van der Waals surface area contributed by atoms with Crippen LogP contribution in [0, 0.1) is 12.7 Å². The zero-order valence-electron chi connectivity index (χ0n) is 11.4. The second-order valence-electron chi connectivity index (χ2n) is 4.90. The largest absolute Gasteiger partial charge is 0.271 e. The lowest BCUT2D eigenvalue weighted by Gasteiger charge is -2.18. The van der Waals surface area contributed by atoms with Gasteiger partial charge in [0, 0.05) is 16.6 Å². The van der Waals surface area contributed by atoms with Crippen molar-refractivity contribution in [3.05, 3.63) is 70.0 Å². The molecular formula is C16H18ClFN2. The molecule has 0 heterocycles. The fourth-order valence-corrected chi connectivity index (χ4v) is 2.51. The van der Waals surface area contributed by atoms with Gasteiger partial charge in [-0.2, -0.15) is 0 Å². The summed E-state index contributed by atoms with van der Waals surface area (Å²) in [7, 11) is 0.